The van der Waals surface area contributed by atoms with Gasteiger partial charge in [-0.05, 0) is 29.2 Å². The van der Waals surface area contributed by atoms with Crippen LogP contribution in [0.4, 0.5) is 0 Å². The predicted molar refractivity (Wildman–Crippen MR) is 84.0 cm³/mol. The minimum atomic E-state index is -0.656. The van der Waals surface area contributed by atoms with Gasteiger partial charge in [-0.2, -0.15) is 0 Å². The van der Waals surface area contributed by atoms with E-state index in [-0.39, 0.29) is 6.61 Å². The summed E-state index contributed by atoms with van der Waals surface area (Å²) in [5.74, 6) is 1.79. The molecule has 0 aliphatic rings. The van der Waals surface area contributed by atoms with Crippen molar-refractivity contribution >= 4 is 0 Å². The second-order valence-electron chi connectivity index (χ2n) is 5.30. The smallest absolute Gasteiger partial charge is 0.161 e. The first-order chi connectivity index (χ1) is 10.1. The third-order valence-electron chi connectivity index (χ3n) is 3.45. The summed E-state index contributed by atoms with van der Waals surface area (Å²) in [6.07, 6.45) is -0.656. The number of aliphatic hydroxyl groups is 1. The van der Waals surface area contributed by atoms with Crippen molar-refractivity contribution in [1.29, 1.82) is 0 Å². The largest absolute Gasteiger partial charge is 0.493 e. The minimum Gasteiger partial charge on any atom is -0.493 e. The van der Waals surface area contributed by atoms with Crippen molar-refractivity contribution in [3.8, 4) is 11.5 Å². The molecule has 0 saturated heterocycles. The molecule has 0 aliphatic carbocycles. The standard InChI is InChI=1S/C18H22O3/c1-13(2)14-8-10-15(11-9-14)16(19)12-21-18-7-5-4-6-17(18)20-3/h4-11,13,16,19H,12H2,1-3H3. The van der Waals surface area contributed by atoms with E-state index in [0.717, 1.165) is 5.56 Å². The molecule has 0 saturated carbocycles. The maximum Gasteiger partial charge on any atom is 0.161 e. The van der Waals surface area contributed by atoms with E-state index < -0.39 is 6.10 Å². The molecule has 0 aliphatic heterocycles. The van der Waals surface area contributed by atoms with E-state index >= 15 is 0 Å². The number of rotatable bonds is 6. The van der Waals surface area contributed by atoms with Crippen LogP contribution in [-0.4, -0.2) is 18.8 Å². The average Bonchev–Trinajstić information content (AvgIpc) is 2.52. The second-order valence-corrected chi connectivity index (χ2v) is 5.30. The molecule has 0 fully saturated rings. The van der Waals surface area contributed by atoms with E-state index in [9.17, 15) is 5.11 Å². The second kappa shape index (κ2) is 7.14. The fourth-order valence-electron chi connectivity index (χ4n) is 2.11. The SMILES string of the molecule is COc1ccccc1OCC(O)c1ccc(C(C)C)cc1. The van der Waals surface area contributed by atoms with Gasteiger partial charge in [0, 0.05) is 0 Å². The van der Waals surface area contributed by atoms with E-state index in [1.54, 1.807) is 7.11 Å². The van der Waals surface area contributed by atoms with E-state index in [0.29, 0.717) is 17.4 Å². The molecule has 0 aromatic heterocycles. The van der Waals surface area contributed by atoms with E-state index in [2.05, 4.69) is 13.8 Å². The average molecular weight is 286 g/mol. The van der Waals surface area contributed by atoms with Gasteiger partial charge in [0.1, 0.15) is 12.7 Å². The Labute approximate surface area is 126 Å². The highest BCUT2D eigenvalue weighted by Crippen LogP contribution is 2.27. The maximum absolute atomic E-state index is 10.2. The Hall–Kier alpha value is -2.00. The van der Waals surface area contributed by atoms with Crippen LogP contribution in [0.25, 0.3) is 0 Å². The Bertz CT molecular complexity index is 561. The summed E-state index contributed by atoms with van der Waals surface area (Å²) >= 11 is 0. The first-order valence-corrected chi connectivity index (χ1v) is 7.15. The predicted octanol–water partition coefficient (Wildman–Crippen LogP) is 3.93. The molecule has 2 aromatic rings. The molecule has 1 atom stereocenters. The Balaban J connectivity index is 1.99. The van der Waals surface area contributed by atoms with Gasteiger partial charge in [0.05, 0.1) is 7.11 Å². The number of benzene rings is 2. The summed E-state index contributed by atoms with van der Waals surface area (Å²) in [7, 11) is 1.60. The summed E-state index contributed by atoms with van der Waals surface area (Å²) in [5.41, 5.74) is 2.12. The lowest BCUT2D eigenvalue weighted by atomic mass is 10.0. The van der Waals surface area contributed by atoms with Crippen LogP contribution in [0, 0.1) is 0 Å². The van der Waals surface area contributed by atoms with Crippen LogP contribution in [0.3, 0.4) is 0 Å². The van der Waals surface area contributed by atoms with Gasteiger partial charge < -0.3 is 14.6 Å². The highest BCUT2D eigenvalue weighted by Gasteiger charge is 2.11. The third-order valence-corrected chi connectivity index (χ3v) is 3.45. The number of methoxy groups -OCH3 is 1. The van der Waals surface area contributed by atoms with Gasteiger partial charge >= 0.3 is 0 Å². The quantitative estimate of drug-likeness (QED) is 0.874. The molecule has 1 unspecified atom stereocenters. The Morgan fingerprint density at radius 3 is 2.05 bits per heavy atom. The lowest BCUT2D eigenvalue weighted by molar-refractivity contribution is 0.106. The summed E-state index contributed by atoms with van der Waals surface area (Å²) in [5, 5.41) is 10.2. The van der Waals surface area contributed by atoms with Crippen molar-refractivity contribution in [2.24, 2.45) is 0 Å². The molecule has 0 heterocycles. The first-order valence-electron chi connectivity index (χ1n) is 7.15. The van der Waals surface area contributed by atoms with Crippen LogP contribution in [0.2, 0.25) is 0 Å². The summed E-state index contributed by atoms with van der Waals surface area (Å²) in [6.45, 7) is 4.49. The number of hydrogen-bond acceptors (Lipinski definition) is 3. The van der Waals surface area contributed by atoms with Gasteiger partial charge in [-0.1, -0.05) is 50.2 Å². The van der Waals surface area contributed by atoms with Crippen LogP contribution >= 0.6 is 0 Å². The van der Waals surface area contributed by atoms with E-state index in [4.69, 9.17) is 9.47 Å². The lowest BCUT2D eigenvalue weighted by Gasteiger charge is -2.15. The van der Waals surface area contributed by atoms with Gasteiger partial charge in [0.15, 0.2) is 11.5 Å². The zero-order valence-corrected chi connectivity index (χ0v) is 12.7. The van der Waals surface area contributed by atoms with Crippen molar-refractivity contribution < 1.29 is 14.6 Å². The molecule has 21 heavy (non-hydrogen) atoms. The number of aliphatic hydroxyl groups excluding tert-OH is 1. The highest BCUT2D eigenvalue weighted by molar-refractivity contribution is 5.39. The zero-order chi connectivity index (χ0) is 15.2. The van der Waals surface area contributed by atoms with E-state index in [1.165, 1.54) is 5.56 Å². The van der Waals surface area contributed by atoms with Gasteiger partial charge in [0.25, 0.3) is 0 Å². The summed E-state index contributed by atoms with van der Waals surface area (Å²) in [4.78, 5) is 0. The van der Waals surface area contributed by atoms with Gasteiger partial charge in [-0.15, -0.1) is 0 Å². The summed E-state index contributed by atoms with van der Waals surface area (Å²) in [6, 6.07) is 15.4. The van der Waals surface area contributed by atoms with Crippen LogP contribution in [0.1, 0.15) is 37.0 Å². The molecule has 3 nitrogen and oxygen atoms in total. The van der Waals surface area contributed by atoms with Crippen molar-refractivity contribution in [3.05, 3.63) is 59.7 Å². The Morgan fingerprint density at radius 2 is 1.48 bits per heavy atom. The first kappa shape index (κ1) is 15.4. The normalized spacial score (nSPS) is 12.2. The number of hydrogen-bond donors (Lipinski definition) is 1. The van der Waals surface area contributed by atoms with Crippen molar-refractivity contribution in [2.75, 3.05) is 13.7 Å². The summed E-state index contributed by atoms with van der Waals surface area (Å²) < 4.78 is 10.9. The number of para-hydroxylation sites is 2. The zero-order valence-electron chi connectivity index (χ0n) is 12.7. The Morgan fingerprint density at radius 1 is 0.905 bits per heavy atom. The Kier molecular flexibility index (Phi) is 5.23. The molecule has 2 aromatic carbocycles. The van der Waals surface area contributed by atoms with Crippen molar-refractivity contribution in [2.45, 2.75) is 25.9 Å². The fraction of sp³-hybridized carbons (Fsp3) is 0.333. The lowest BCUT2D eigenvalue weighted by Crippen LogP contribution is -2.10. The van der Waals surface area contributed by atoms with Crippen LogP contribution in [-0.2, 0) is 0 Å². The van der Waals surface area contributed by atoms with Crippen LogP contribution in [0.15, 0.2) is 48.5 Å². The monoisotopic (exact) mass is 286 g/mol. The van der Waals surface area contributed by atoms with Crippen LogP contribution in [0.5, 0.6) is 11.5 Å². The highest BCUT2D eigenvalue weighted by atomic mass is 16.5. The third kappa shape index (κ3) is 3.99. The minimum absolute atomic E-state index is 0.196. The van der Waals surface area contributed by atoms with Gasteiger partial charge in [-0.25, -0.2) is 0 Å². The molecule has 3 heteroatoms. The molecule has 0 radical (unpaired) electrons. The van der Waals surface area contributed by atoms with Crippen molar-refractivity contribution in [1.82, 2.24) is 0 Å². The molecular formula is C18H22O3. The van der Waals surface area contributed by atoms with E-state index in [1.807, 2.05) is 48.5 Å². The molecule has 2 rings (SSSR count). The molecule has 112 valence electrons. The van der Waals surface area contributed by atoms with Gasteiger partial charge in [-0.3, -0.25) is 0 Å². The van der Waals surface area contributed by atoms with Gasteiger partial charge in [0.2, 0.25) is 0 Å². The topological polar surface area (TPSA) is 38.7 Å². The molecule has 0 spiro atoms. The maximum atomic E-state index is 10.2. The fourth-order valence-corrected chi connectivity index (χ4v) is 2.11. The number of ether oxygens (including phenoxy) is 2. The van der Waals surface area contributed by atoms with Crippen LogP contribution < -0.4 is 9.47 Å². The van der Waals surface area contributed by atoms with Crippen molar-refractivity contribution in [3.63, 3.8) is 0 Å². The molecule has 1 N–H and O–H groups in total. The molecule has 0 amide bonds. The molecular weight excluding hydrogens is 264 g/mol. The molecule has 0 bridgehead atoms.